The predicted molar refractivity (Wildman–Crippen MR) is 41.6 cm³/mol. The summed E-state index contributed by atoms with van der Waals surface area (Å²) in [5.41, 5.74) is 0. The summed E-state index contributed by atoms with van der Waals surface area (Å²) in [6.07, 6.45) is 0. The van der Waals surface area contributed by atoms with Crippen LogP contribution in [0.4, 0.5) is 0 Å². The van der Waals surface area contributed by atoms with Crippen LogP contribution in [0.15, 0.2) is 0 Å². The topological polar surface area (TPSA) is 0 Å². The van der Waals surface area contributed by atoms with Crippen molar-refractivity contribution in [1.82, 2.24) is 0 Å². The highest BCUT2D eigenvalue weighted by Gasteiger charge is 2.09. The molecule has 0 spiro atoms. The van der Waals surface area contributed by atoms with Gasteiger partial charge in [0.1, 0.15) is 0 Å². The summed E-state index contributed by atoms with van der Waals surface area (Å²) >= 11 is 0. The van der Waals surface area contributed by atoms with Crippen LogP contribution in [0.5, 0.6) is 0 Å². The van der Waals surface area contributed by atoms with E-state index in [4.69, 9.17) is 0 Å². The Kier molecular flexibility index (Phi) is 2.85. The molecule has 0 nitrogen and oxygen atoms in total. The molecule has 0 saturated heterocycles. The van der Waals surface area contributed by atoms with E-state index < -0.39 is 8.07 Å². The molecule has 0 N–H and O–H groups in total. The third kappa shape index (κ3) is 5.78. The number of hydrogen-bond donors (Lipinski definition) is 0. The van der Waals surface area contributed by atoms with E-state index in [9.17, 15) is 0 Å². The van der Waals surface area contributed by atoms with Crippen LogP contribution in [-0.4, -0.2) is 8.07 Å². The van der Waals surface area contributed by atoms with E-state index in [1.165, 1.54) is 0 Å². The van der Waals surface area contributed by atoms with Gasteiger partial charge in [0, 0.05) is 6.04 Å². The fourth-order valence-electron chi connectivity index (χ4n) is 0.354. The van der Waals surface area contributed by atoms with Gasteiger partial charge < -0.3 is 0 Å². The molecule has 0 saturated carbocycles. The van der Waals surface area contributed by atoms with E-state index in [1.807, 2.05) is 6.92 Å². The molecule has 0 aliphatic carbocycles. The van der Waals surface area contributed by atoms with Gasteiger partial charge in [-0.3, -0.25) is 0 Å². The highest BCUT2D eigenvalue weighted by atomic mass is 28.3. The molecule has 0 aromatic heterocycles. The third-order valence-corrected chi connectivity index (χ3v) is 2.03. The molecule has 46 valence electrons. The van der Waals surface area contributed by atoms with E-state index in [2.05, 4.69) is 31.5 Å². The van der Waals surface area contributed by atoms with Crippen molar-refractivity contribution < 1.29 is 0 Å². The third-order valence-electron chi connectivity index (χ3n) is 0.795. The fraction of sp³-hybridized carbons (Fsp3) is 0.714. The van der Waals surface area contributed by atoms with Gasteiger partial charge in [-0.05, 0) is 6.92 Å². The van der Waals surface area contributed by atoms with Crippen LogP contribution in [0.1, 0.15) is 6.92 Å². The van der Waals surface area contributed by atoms with Crippen molar-refractivity contribution in [2.24, 2.45) is 0 Å². The van der Waals surface area contributed by atoms with Gasteiger partial charge in [0.05, 0.1) is 8.07 Å². The van der Waals surface area contributed by atoms with Crippen molar-refractivity contribution in [1.29, 1.82) is 0 Å². The molecular formula is C7H14Si. The van der Waals surface area contributed by atoms with Crippen LogP contribution in [0, 0.1) is 11.8 Å². The van der Waals surface area contributed by atoms with E-state index in [-0.39, 0.29) is 0 Å². The molecule has 0 atom stereocenters. The maximum Gasteiger partial charge on any atom is 0.0573 e. The van der Waals surface area contributed by atoms with Crippen LogP contribution in [0.2, 0.25) is 25.7 Å². The second kappa shape index (κ2) is 2.94. The van der Waals surface area contributed by atoms with Crippen LogP contribution in [-0.2, 0) is 0 Å². The van der Waals surface area contributed by atoms with Crippen molar-refractivity contribution in [2.45, 2.75) is 32.6 Å². The maximum atomic E-state index is 3.10. The zero-order chi connectivity index (χ0) is 6.62. The first-order valence-corrected chi connectivity index (χ1v) is 6.66. The lowest BCUT2D eigenvalue weighted by Crippen LogP contribution is -2.17. The van der Waals surface area contributed by atoms with Crippen molar-refractivity contribution in [3.05, 3.63) is 0 Å². The first kappa shape index (κ1) is 7.78. The van der Waals surface area contributed by atoms with Crippen molar-refractivity contribution in [3.8, 4) is 11.8 Å². The Morgan fingerprint density at radius 3 is 1.88 bits per heavy atom. The summed E-state index contributed by atoms with van der Waals surface area (Å²) in [7, 11) is -0.852. The summed E-state index contributed by atoms with van der Waals surface area (Å²) in [4.78, 5) is 0. The maximum absolute atomic E-state index is 3.10. The molecule has 0 unspecified atom stereocenters. The molecule has 8 heavy (non-hydrogen) atoms. The molecule has 0 bridgehead atoms. The number of hydrogen-bond acceptors (Lipinski definition) is 0. The monoisotopic (exact) mass is 126 g/mol. The van der Waals surface area contributed by atoms with Gasteiger partial charge in [0.25, 0.3) is 0 Å². The molecule has 1 heteroatoms. The average Bonchev–Trinajstić information content (AvgIpc) is 1.59. The number of rotatable bonds is 1. The lowest BCUT2D eigenvalue weighted by atomic mass is 10.7. The molecule has 0 aliphatic heterocycles. The Hall–Kier alpha value is -0.223. The second-order valence-corrected chi connectivity index (χ2v) is 8.64. The minimum Gasteiger partial charge on any atom is -0.107 e. The molecule has 0 heterocycles. The van der Waals surface area contributed by atoms with Crippen LogP contribution < -0.4 is 0 Å². The van der Waals surface area contributed by atoms with E-state index >= 15 is 0 Å². The van der Waals surface area contributed by atoms with Crippen LogP contribution >= 0.6 is 0 Å². The summed E-state index contributed by atoms with van der Waals surface area (Å²) in [6, 6.07) is 1.14. The Balaban J connectivity index is 3.50. The van der Waals surface area contributed by atoms with Gasteiger partial charge in [0.15, 0.2) is 0 Å². The Morgan fingerprint density at radius 1 is 1.25 bits per heavy atom. The molecule has 0 aromatic carbocycles. The normalized spacial score (nSPS) is 10.0. The van der Waals surface area contributed by atoms with E-state index in [0.717, 1.165) is 6.04 Å². The van der Waals surface area contributed by atoms with Gasteiger partial charge in [-0.25, -0.2) is 0 Å². The molecular weight excluding hydrogens is 112 g/mol. The Morgan fingerprint density at radius 2 is 1.75 bits per heavy atom. The summed E-state index contributed by atoms with van der Waals surface area (Å²) in [5, 5.41) is 0. The highest BCUT2D eigenvalue weighted by molar-refractivity contribution is 6.76. The zero-order valence-corrected chi connectivity index (χ0v) is 7.21. The molecule has 0 radical (unpaired) electrons. The molecule has 0 amide bonds. The smallest absolute Gasteiger partial charge is 0.0573 e. The van der Waals surface area contributed by atoms with Crippen LogP contribution in [0.25, 0.3) is 0 Å². The standard InChI is InChI=1S/C7H14Si/c1-5-6-7-8(2,3)4/h7H2,1-4H3. The Labute approximate surface area is 53.3 Å². The van der Waals surface area contributed by atoms with Gasteiger partial charge in [-0.2, -0.15) is 0 Å². The summed E-state index contributed by atoms with van der Waals surface area (Å²) in [6.45, 7) is 8.90. The van der Waals surface area contributed by atoms with Gasteiger partial charge >= 0.3 is 0 Å². The highest BCUT2D eigenvalue weighted by Crippen LogP contribution is 2.05. The van der Waals surface area contributed by atoms with Crippen molar-refractivity contribution >= 4 is 8.07 Å². The summed E-state index contributed by atoms with van der Waals surface area (Å²) in [5.74, 6) is 6.01. The first-order valence-electron chi connectivity index (χ1n) is 2.96. The molecule has 0 aliphatic rings. The second-order valence-electron chi connectivity index (χ2n) is 3.16. The van der Waals surface area contributed by atoms with Gasteiger partial charge in [0.2, 0.25) is 0 Å². The minimum atomic E-state index is -0.852. The minimum absolute atomic E-state index is 0.852. The van der Waals surface area contributed by atoms with Crippen molar-refractivity contribution in [3.63, 3.8) is 0 Å². The lowest BCUT2D eigenvalue weighted by molar-refractivity contribution is 1.56. The van der Waals surface area contributed by atoms with E-state index in [0.29, 0.717) is 0 Å². The predicted octanol–water partition coefficient (Wildman–Crippen LogP) is 2.35. The molecule has 0 aromatic rings. The zero-order valence-electron chi connectivity index (χ0n) is 6.21. The van der Waals surface area contributed by atoms with Crippen molar-refractivity contribution in [2.75, 3.05) is 0 Å². The lowest BCUT2D eigenvalue weighted by Gasteiger charge is -2.09. The molecule has 0 fully saturated rings. The first-order chi connectivity index (χ1) is 3.56. The van der Waals surface area contributed by atoms with Gasteiger partial charge in [-0.1, -0.05) is 19.6 Å². The largest absolute Gasteiger partial charge is 0.107 e. The SMILES string of the molecule is CC#CC[Si](C)(C)C. The summed E-state index contributed by atoms with van der Waals surface area (Å²) < 4.78 is 0. The average molecular weight is 126 g/mol. The molecule has 0 rings (SSSR count). The van der Waals surface area contributed by atoms with Crippen LogP contribution in [0.3, 0.4) is 0 Å². The van der Waals surface area contributed by atoms with E-state index in [1.54, 1.807) is 0 Å². The fourth-order valence-corrected chi connectivity index (χ4v) is 1.06. The van der Waals surface area contributed by atoms with Gasteiger partial charge in [-0.15, -0.1) is 11.8 Å². The Bertz CT molecular complexity index is 109. The quantitative estimate of drug-likeness (QED) is 0.374.